The number of carbonyl (C=O) groups is 1. The molecule has 0 spiro atoms. The minimum atomic E-state index is -1.51. The number of fused-ring (bicyclic) bond motifs is 1. The molecule has 0 saturated carbocycles. The fourth-order valence-corrected chi connectivity index (χ4v) is 3.78. The van der Waals surface area contributed by atoms with Crippen molar-refractivity contribution in [3.63, 3.8) is 0 Å². The van der Waals surface area contributed by atoms with Gasteiger partial charge in [-0.05, 0) is 55.6 Å². The van der Waals surface area contributed by atoms with Crippen LogP contribution in [0.3, 0.4) is 0 Å². The summed E-state index contributed by atoms with van der Waals surface area (Å²) in [5.41, 5.74) is 11.5. The van der Waals surface area contributed by atoms with Crippen molar-refractivity contribution >= 4 is 29.8 Å². The lowest BCUT2D eigenvalue weighted by Gasteiger charge is -2.14. The lowest BCUT2D eigenvalue weighted by molar-refractivity contribution is 0.100. The van der Waals surface area contributed by atoms with Crippen molar-refractivity contribution in [2.24, 2.45) is 5.73 Å². The minimum Gasteiger partial charge on any atom is -0.423 e. The molecule has 162 valence electrons. The molecule has 1 aromatic carbocycles. The Hall–Kier alpha value is -3.69. The van der Waals surface area contributed by atoms with E-state index in [0.717, 1.165) is 28.1 Å². The van der Waals surface area contributed by atoms with Crippen molar-refractivity contribution in [1.82, 2.24) is 14.4 Å². The highest BCUT2D eigenvalue weighted by Crippen LogP contribution is 2.29. The van der Waals surface area contributed by atoms with E-state index in [0.29, 0.717) is 34.7 Å². The molecule has 0 saturated heterocycles. The van der Waals surface area contributed by atoms with Gasteiger partial charge in [0.2, 0.25) is 0 Å². The summed E-state index contributed by atoms with van der Waals surface area (Å²) in [5.74, 6) is 0.732. The topological polar surface area (TPSA) is 126 Å². The van der Waals surface area contributed by atoms with E-state index in [1.165, 1.54) is 0 Å². The van der Waals surface area contributed by atoms with Crippen LogP contribution in [0, 0.1) is 20.8 Å². The summed E-state index contributed by atoms with van der Waals surface area (Å²) < 4.78 is 1.88. The Morgan fingerprint density at radius 2 is 1.91 bits per heavy atom. The molecule has 4 rings (SSSR count). The number of aryl methyl sites for hydroxylation is 2. The highest BCUT2D eigenvalue weighted by atomic mass is 16.4. The van der Waals surface area contributed by atoms with Crippen LogP contribution in [-0.2, 0) is 6.54 Å². The zero-order valence-corrected chi connectivity index (χ0v) is 18.1. The molecule has 0 aliphatic carbocycles. The maximum absolute atomic E-state index is 11.8. The van der Waals surface area contributed by atoms with Crippen molar-refractivity contribution in [2.45, 2.75) is 27.3 Å². The molecular formula is C23H24BN5O3. The van der Waals surface area contributed by atoms with Crippen molar-refractivity contribution < 1.29 is 14.8 Å². The Morgan fingerprint density at radius 1 is 1.12 bits per heavy atom. The summed E-state index contributed by atoms with van der Waals surface area (Å²) >= 11 is 0. The lowest BCUT2D eigenvalue weighted by atomic mass is 9.80. The maximum Gasteiger partial charge on any atom is 0.488 e. The summed E-state index contributed by atoms with van der Waals surface area (Å²) in [6, 6.07) is 12.5. The molecule has 0 atom stereocenters. The van der Waals surface area contributed by atoms with Crippen molar-refractivity contribution in [3.8, 4) is 11.5 Å². The zero-order chi connectivity index (χ0) is 23.0. The molecule has 0 fully saturated rings. The number of primary amides is 1. The number of pyridine rings is 1. The van der Waals surface area contributed by atoms with Crippen molar-refractivity contribution in [2.75, 3.05) is 5.32 Å². The fraction of sp³-hybridized carbons (Fsp3) is 0.174. The van der Waals surface area contributed by atoms with Crippen LogP contribution in [0.5, 0.6) is 0 Å². The molecule has 1 amide bonds. The first kappa shape index (κ1) is 21.5. The van der Waals surface area contributed by atoms with Gasteiger partial charge in [-0.2, -0.15) is 0 Å². The van der Waals surface area contributed by atoms with E-state index in [4.69, 9.17) is 15.7 Å². The fourth-order valence-electron chi connectivity index (χ4n) is 3.78. The number of nitrogens with one attached hydrogen (secondary N) is 1. The van der Waals surface area contributed by atoms with Crippen LogP contribution in [-0.4, -0.2) is 37.4 Å². The molecule has 8 nitrogen and oxygen atoms in total. The number of rotatable bonds is 6. The van der Waals surface area contributed by atoms with Gasteiger partial charge in [-0.1, -0.05) is 24.3 Å². The van der Waals surface area contributed by atoms with Gasteiger partial charge in [0.1, 0.15) is 5.82 Å². The van der Waals surface area contributed by atoms with Gasteiger partial charge in [-0.25, -0.2) is 9.97 Å². The third-order valence-electron chi connectivity index (χ3n) is 5.58. The smallest absolute Gasteiger partial charge is 0.423 e. The van der Waals surface area contributed by atoms with E-state index in [2.05, 4.69) is 5.32 Å². The van der Waals surface area contributed by atoms with E-state index in [-0.39, 0.29) is 0 Å². The second kappa shape index (κ2) is 8.45. The predicted molar refractivity (Wildman–Crippen MR) is 125 cm³/mol. The van der Waals surface area contributed by atoms with Gasteiger partial charge in [0.05, 0.1) is 16.8 Å². The molecule has 32 heavy (non-hydrogen) atoms. The average molecular weight is 429 g/mol. The number of amides is 1. The Labute approximate surface area is 185 Å². The summed E-state index contributed by atoms with van der Waals surface area (Å²) in [6.45, 7) is 6.28. The van der Waals surface area contributed by atoms with Crippen LogP contribution >= 0.6 is 0 Å². The zero-order valence-electron chi connectivity index (χ0n) is 18.1. The number of carbonyl (C=O) groups excluding carboxylic acids is 1. The first-order valence-corrected chi connectivity index (χ1v) is 10.2. The molecule has 5 N–H and O–H groups in total. The molecule has 0 aliphatic rings. The number of aromatic nitrogens is 3. The highest BCUT2D eigenvalue weighted by molar-refractivity contribution is 6.58. The quantitative estimate of drug-likeness (QED) is 0.346. The normalized spacial score (nSPS) is 11.0. The van der Waals surface area contributed by atoms with Crippen LogP contribution in [0.15, 0.2) is 48.7 Å². The predicted octanol–water partition coefficient (Wildman–Crippen LogP) is 1.71. The SMILES string of the molecule is Cc1cc2c(C(N)=O)cccn2c1-c1nc(C)c(C)c(NCc2cccc(B(O)O)c2)n1. The van der Waals surface area contributed by atoms with Gasteiger partial charge in [-0.15, -0.1) is 0 Å². The Morgan fingerprint density at radius 3 is 2.62 bits per heavy atom. The first-order valence-electron chi connectivity index (χ1n) is 10.2. The van der Waals surface area contributed by atoms with Gasteiger partial charge in [0.25, 0.3) is 5.91 Å². The minimum absolute atomic E-state index is 0.432. The van der Waals surface area contributed by atoms with Gasteiger partial charge >= 0.3 is 7.12 Å². The van der Waals surface area contributed by atoms with Crippen LogP contribution in [0.25, 0.3) is 17.0 Å². The third kappa shape index (κ3) is 3.95. The standard InChI is InChI=1S/C23H24BN5O3/c1-13-10-19-18(21(25)30)8-5-9-29(19)20(13)23-27-15(3)14(2)22(28-23)26-12-16-6-4-7-17(11-16)24(31)32/h4-11,31-32H,12H2,1-3H3,(H2,25,30)(H,26,27,28). The van der Waals surface area contributed by atoms with Crippen LogP contribution in [0.4, 0.5) is 5.82 Å². The molecule has 0 bridgehead atoms. The lowest BCUT2D eigenvalue weighted by Crippen LogP contribution is -2.30. The number of hydrogen-bond acceptors (Lipinski definition) is 6. The van der Waals surface area contributed by atoms with E-state index in [1.807, 2.05) is 43.5 Å². The summed E-state index contributed by atoms with van der Waals surface area (Å²) in [4.78, 5) is 21.3. The molecule has 9 heteroatoms. The number of benzene rings is 1. The van der Waals surface area contributed by atoms with Crippen LogP contribution in [0.2, 0.25) is 0 Å². The maximum atomic E-state index is 11.8. The third-order valence-corrected chi connectivity index (χ3v) is 5.58. The number of nitrogens with zero attached hydrogens (tertiary/aromatic N) is 3. The second-order valence-electron chi connectivity index (χ2n) is 7.80. The highest BCUT2D eigenvalue weighted by Gasteiger charge is 2.18. The van der Waals surface area contributed by atoms with Crippen molar-refractivity contribution in [3.05, 3.63) is 76.6 Å². The monoisotopic (exact) mass is 429 g/mol. The van der Waals surface area contributed by atoms with E-state index >= 15 is 0 Å². The molecule has 4 aromatic rings. The molecule has 0 radical (unpaired) electrons. The molecule has 3 aromatic heterocycles. The van der Waals surface area contributed by atoms with E-state index in [9.17, 15) is 14.8 Å². The second-order valence-corrected chi connectivity index (χ2v) is 7.80. The summed E-state index contributed by atoms with van der Waals surface area (Å²) in [5, 5.41) is 22.1. The van der Waals surface area contributed by atoms with Crippen LogP contribution in [0.1, 0.15) is 32.7 Å². The Kier molecular flexibility index (Phi) is 5.69. The van der Waals surface area contributed by atoms with Crippen molar-refractivity contribution in [1.29, 1.82) is 0 Å². The first-order chi connectivity index (χ1) is 15.3. The molecule has 0 aliphatic heterocycles. The molecular weight excluding hydrogens is 405 g/mol. The van der Waals surface area contributed by atoms with Gasteiger partial charge < -0.3 is 25.5 Å². The number of anilines is 1. The Balaban J connectivity index is 1.74. The number of hydrogen-bond donors (Lipinski definition) is 4. The van der Waals surface area contributed by atoms with E-state index < -0.39 is 13.0 Å². The van der Waals surface area contributed by atoms with Crippen LogP contribution < -0.4 is 16.5 Å². The van der Waals surface area contributed by atoms with E-state index in [1.54, 1.807) is 30.3 Å². The summed E-state index contributed by atoms with van der Waals surface area (Å²) in [7, 11) is -1.51. The average Bonchev–Trinajstić information content (AvgIpc) is 3.10. The largest absolute Gasteiger partial charge is 0.488 e. The van der Waals surface area contributed by atoms with Gasteiger partial charge in [-0.3, -0.25) is 4.79 Å². The number of nitrogens with two attached hydrogens (primary N) is 1. The molecule has 0 unspecified atom stereocenters. The Bertz CT molecular complexity index is 1330. The summed E-state index contributed by atoms with van der Waals surface area (Å²) in [6.07, 6.45) is 1.86. The van der Waals surface area contributed by atoms with Gasteiger partial charge in [0, 0.05) is 24.0 Å². The van der Waals surface area contributed by atoms with Gasteiger partial charge in [0.15, 0.2) is 5.82 Å². The molecule has 3 heterocycles.